The van der Waals surface area contributed by atoms with E-state index in [2.05, 4.69) is 5.32 Å². The summed E-state index contributed by atoms with van der Waals surface area (Å²) in [6.45, 7) is 5.26. The van der Waals surface area contributed by atoms with Crippen LogP contribution in [0.15, 0.2) is 53.4 Å². The number of rotatable bonds is 6. The molecule has 0 aromatic heterocycles. The van der Waals surface area contributed by atoms with Crippen LogP contribution in [0, 0.1) is 11.7 Å². The minimum Gasteiger partial charge on any atom is -0.487 e. The fourth-order valence-corrected chi connectivity index (χ4v) is 5.72. The largest absolute Gasteiger partial charge is 0.487 e. The number of ether oxygens (including phenoxy) is 1. The number of hydrogen-bond acceptors (Lipinski definition) is 5. The van der Waals surface area contributed by atoms with E-state index in [1.165, 1.54) is 33.5 Å². The molecule has 35 heavy (non-hydrogen) atoms. The van der Waals surface area contributed by atoms with E-state index in [1.54, 1.807) is 32.2 Å². The van der Waals surface area contributed by atoms with Gasteiger partial charge in [0.2, 0.25) is 10.0 Å². The Morgan fingerprint density at radius 1 is 1.34 bits per heavy atom. The molecule has 1 aliphatic heterocycles. The van der Waals surface area contributed by atoms with Crippen molar-refractivity contribution < 1.29 is 27.4 Å². The van der Waals surface area contributed by atoms with E-state index in [0.717, 1.165) is 5.56 Å². The van der Waals surface area contributed by atoms with Crippen molar-refractivity contribution in [2.75, 3.05) is 32.1 Å². The summed E-state index contributed by atoms with van der Waals surface area (Å²) >= 11 is 0. The lowest BCUT2D eigenvalue weighted by Gasteiger charge is -2.37. The van der Waals surface area contributed by atoms with Crippen LogP contribution < -0.4 is 10.1 Å². The molecule has 2 N–H and O–H groups in total. The van der Waals surface area contributed by atoms with E-state index < -0.39 is 34.0 Å². The molecular weight excluding hydrogens is 473 g/mol. The van der Waals surface area contributed by atoms with Gasteiger partial charge in [0.05, 0.1) is 13.2 Å². The number of nitrogens with zero attached hydrogens (tertiary/aromatic N) is 2. The number of carbonyl (C=O) groups excluding carboxylic acids is 1. The van der Waals surface area contributed by atoms with Crippen LogP contribution >= 0.6 is 0 Å². The molecule has 0 bridgehead atoms. The Labute approximate surface area is 206 Å². The molecule has 0 saturated carbocycles. The SMILES string of the molecule is CC=Cc1ccc2c(c1)O[C@H](CN(C)C(=O)Nc1cccc(F)c1)[C@H](C)CN([C@@H](C)CO)S2(=O)=O. The van der Waals surface area contributed by atoms with Crippen LogP contribution in [0.2, 0.25) is 0 Å². The number of halogens is 1. The van der Waals surface area contributed by atoms with Crippen LogP contribution in [0.3, 0.4) is 0 Å². The third kappa shape index (κ3) is 6.19. The molecule has 0 aliphatic carbocycles. The summed E-state index contributed by atoms with van der Waals surface area (Å²) in [6.07, 6.45) is 3.12. The number of carbonyl (C=O) groups is 1. The van der Waals surface area contributed by atoms with Gasteiger partial charge in [-0.25, -0.2) is 17.6 Å². The Bertz CT molecular complexity index is 1190. The summed E-state index contributed by atoms with van der Waals surface area (Å²) in [7, 11) is -2.35. The maximum atomic E-state index is 13.5. The monoisotopic (exact) mass is 505 g/mol. The quantitative estimate of drug-likeness (QED) is 0.622. The van der Waals surface area contributed by atoms with Crippen molar-refractivity contribution in [3.63, 3.8) is 0 Å². The number of hydrogen-bond donors (Lipinski definition) is 2. The fourth-order valence-electron chi connectivity index (χ4n) is 3.89. The molecule has 0 fully saturated rings. The molecular formula is C25H32FN3O5S. The second-order valence-corrected chi connectivity index (χ2v) is 10.6. The predicted octanol–water partition coefficient (Wildman–Crippen LogP) is 3.79. The van der Waals surface area contributed by atoms with Gasteiger partial charge in [0.25, 0.3) is 0 Å². The molecule has 3 atom stereocenters. The molecule has 10 heteroatoms. The second-order valence-electron chi connectivity index (χ2n) is 8.77. The van der Waals surface area contributed by atoms with Crippen molar-refractivity contribution in [1.82, 2.24) is 9.21 Å². The average molecular weight is 506 g/mol. The van der Waals surface area contributed by atoms with Crippen molar-refractivity contribution in [1.29, 1.82) is 0 Å². The normalized spacial score (nSPS) is 20.9. The summed E-state index contributed by atoms with van der Waals surface area (Å²) < 4.78 is 48.0. The van der Waals surface area contributed by atoms with Gasteiger partial charge in [-0.3, -0.25) is 0 Å². The lowest BCUT2D eigenvalue weighted by molar-refractivity contribution is 0.0830. The molecule has 0 spiro atoms. The average Bonchev–Trinajstić information content (AvgIpc) is 2.81. The van der Waals surface area contributed by atoms with Gasteiger partial charge < -0.3 is 20.1 Å². The number of aliphatic hydroxyl groups excluding tert-OH is 1. The number of anilines is 1. The fraction of sp³-hybridized carbons (Fsp3) is 0.400. The van der Waals surface area contributed by atoms with Crippen LogP contribution in [0.4, 0.5) is 14.9 Å². The van der Waals surface area contributed by atoms with Crippen molar-refractivity contribution in [3.8, 4) is 5.75 Å². The number of urea groups is 1. The van der Waals surface area contributed by atoms with Crippen LogP contribution in [-0.4, -0.2) is 67.7 Å². The van der Waals surface area contributed by atoms with Crippen molar-refractivity contribution in [2.24, 2.45) is 5.92 Å². The van der Waals surface area contributed by atoms with Gasteiger partial charge >= 0.3 is 6.03 Å². The maximum absolute atomic E-state index is 13.5. The van der Waals surface area contributed by atoms with Crippen LogP contribution in [0.1, 0.15) is 26.3 Å². The highest BCUT2D eigenvalue weighted by atomic mass is 32.2. The van der Waals surface area contributed by atoms with E-state index in [1.807, 2.05) is 26.0 Å². The standard InChI is InChI=1S/C25H32FN3O5S/c1-5-7-19-10-11-24-22(12-19)34-23(17(2)14-29(18(3)16-30)35(24,32)33)15-28(4)25(31)27-21-9-6-8-20(26)13-21/h5-13,17-18,23,30H,14-16H2,1-4H3,(H,27,31)/t17-,18+,23-/m1/s1. The highest BCUT2D eigenvalue weighted by molar-refractivity contribution is 7.89. The number of sulfonamides is 1. The summed E-state index contributed by atoms with van der Waals surface area (Å²) in [5.74, 6) is -0.594. The first-order valence-corrected chi connectivity index (χ1v) is 12.8. The third-order valence-corrected chi connectivity index (χ3v) is 7.95. The molecule has 0 saturated heterocycles. The number of likely N-dealkylation sites (N-methyl/N-ethyl adjacent to an activating group) is 1. The Balaban J connectivity index is 1.93. The Morgan fingerprint density at radius 3 is 2.74 bits per heavy atom. The first-order chi connectivity index (χ1) is 16.6. The first-order valence-electron chi connectivity index (χ1n) is 11.4. The Kier molecular flexibility index (Phi) is 8.52. The van der Waals surface area contributed by atoms with E-state index in [-0.39, 0.29) is 36.3 Å². The van der Waals surface area contributed by atoms with Gasteiger partial charge in [0.1, 0.15) is 22.6 Å². The number of allylic oxidation sites excluding steroid dienone is 1. The van der Waals surface area contributed by atoms with Gasteiger partial charge in [-0.1, -0.05) is 31.2 Å². The molecule has 2 aromatic carbocycles. The number of aliphatic hydroxyl groups is 1. The number of amides is 2. The number of nitrogens with one attached hydrogen (secondary N) is 1. The molecule has 190 valence electrons. The van der Waals surface area contributed by atoms with Gasteiger partial charge in [0.15, 0.2) is 0 Å². The van der Waals surface area contributed by atoms with Crippen molar-refractivity contribution in [3.05, 3.63) is 59.9 Å². The van der Waals surface area contributed by atoms with Gasteiger partial charge in [-0.2, -0.15) is 4.31 Å². The molecule has 1 heterocycles. The van der Waals surface area contributed by atoms with Crippen molar-refractivity contribution in [2.45, 2.75) is 37.8 Å². The highest BCUT2D eigenvalue weighted by Crippen LogP contribution is 2.34. The summed E-state index contributed by atoms with van der Waals surface area (Å²) in [4.78, 5) is 14.2. The molecule has 3 rings (SSSR count). The third-order valence-electron chi connectivity index (χ3n) is 5.93. The van der Waals surface area contributed by atoms with Gasteiger partial charge in [0, 0.05) is 31.2 Å². The predicted molar refractivity (Wildman–Crippen MR) is 133 cm³/mol. The van der Waals surface area contributed by atoms with E-state index in [9.17, 15) is 22.7 Å². The molecule has 2 amide bonds. The smallest absolute Gasteiger partial charge is 0.321 e. The van der Waals surface area contributed by atoms with Crippen LogP contribution in [-0.2, 0) is 10.0 Å². The topological polar surface area (TPSA) is 99.2 Å². The van der Waals surface area contributed by atoms with Crippen molar-refractivity contribution >= 4 is 27.8 Å². The molecule has 0 radical (unpaired) electrons. The molecule has 0 unspecified atom stereocenters. The number of fused-ring (bicyclic) bond motifs is 1. The van der Waals surface area contributed by atoms with E-state index in [4.69, 9.17) is 4.74 Å². The van der Waals surface area contributed by atoms with E-state index >= 15 is 0 Å². The first kappa shape index (κ1) is 26.7. The molecule has 8 nitrogen and oxygen atoms in total. The van der Waals surface area contributed by atoms with Crippen LogP contribution in [0.5, 0.6) is 5.75 Å². The van der Waals surface area contributed by atoms with Gasteiger partial charge in [-0.15, -0.1) is 0 Å². The molecule has 2 aromatic rings. The lowest BCUT2D eigenvalue weighted by Crippen LogP contribution is -2.50. The lowest BCUT2D eigenvalue weighted by atomic mass is 10.0. The minimum atomic E-state index is -3.94. The Hall–Kier alpha value is -2.95. The zero-order valence-electron chi connectivity index (χ0n) is 20.3. The number of benzene rings is 2. The Morgan fingerprint density at radius 2 is 2.09 bits per heavy atom. The molecule has 1 aliphatic rings. The maximum Gasteiger partial charge on any atom is 0.321 e. The zero-order chi connectivity index (χ0) is 25.8. The summed E-state index contributed by atoms with van der Waals surface area (Å²) in [6, 6.07) is 9.36. The van der Waals surface area contributed by atoms with E-state index in [0.29, 0.717) is 5.69 Å². The second kappa shape index (κ2) is 11.2. The minimum absolute atomic E-state index is 0.00909. The zero-order valence-corrected chi connectivity index (χ0v) is 21.1. The summed E-state index contributed by atoms with van der Waals surface area (Å²) in [5.41, 5.74) is 1.09. The van der Waals surface area contributed by atoms with Crippen LogP contribution in [0.25, 0.3) is 6.08 Å². The summed E-state index contributed by atoms with van der Waals surface area (Å²) in [5, 5.41) is 12.4. The van der Waals surface area contributed by atoms with Gasteiger partial charge in [-0.05, 0) is 49.7 Å². The highest BCUT2D eigenvalue weighted by Gasteiger charge is 2.38.